The number of halogens is 2. The van der Waals surface area contributed by atoms with Gasteiger partial charge in [0.2, 0.25) is 5.91 Å². The molecule has 0 bridgehead atoms. The van der Waals surface area contributed by atoms with E-state index in [4.69, 9.17) is 21.1 Å². The van der Waals surface area contributed by atoms with Gasteiger partial charge in [0, 0.05) is 35.4 Å². The van der Waals surface area contributed by atoms with Crippen LogP contribution in [0.15, 0.2) is 60.7 Å². The van der Waals surface area contributed by atoms with Crippen molar-refractivity contribution in [1.29, 1.82) is 0 Å². The molecule has 7 heteroatoms. The molecule has 5 nitrogen and oxygen atoms in total. The fraction of sp³-hybridized carbons (Fsp3) is 0.296. The number of amides is 1. The number of nitrogens with one attached hydrogen (secondary N) is 2. The zero-order chi connectivity index (χ0) is 24.5. The number of ether oxygens (including phenoxy) is 2. The Hall–Kier alpha value is -3.25. The highest BCUT2D eigenvalue weighted by Crippen LogP contribution is 2.34. The monoisotopic (exact) mass is 484 g/mol. The highest BCUT2D eigenvalue weighted by atomic mass is 35.5. The van der Waals surface area contributed by atoms with E-state index in [1.807, 2.05) is 51.1 Å². The summed E-state index contributed by atoms with van der Waals surface area (Å²) in [6.07, 6.45) is 0.475. The summed E-state index contributed by atoms with van der Waals surface area (Å²) in [6.45, 7) is 7.12. The van der Waals surface area contributed by atoms with Gasteiger partial charge in [0.25, 0.3) is 0 Å². The lowest BCUT2D eigenvalue weighted by atomic mass is 10.1. The Balaban J connectivity index is 1.67. The van der Waals surface area contributed by atoms with Gasteiger partial charge >= 0.3 is 0 Å². The Morgan fingerprint density at radius 1 is 1.00 bits per heavy atom. The standard InChI is InChI=1S/C27H30ClFN2O3/c1-4-33-25-13-20(24(28)15-26(25)34-17-19-8-10-21(29)11-9-19)16-30-22-6-5-7-23(14-22)31-27(32)12-18(2)3/h5-11,13-15,18,30H,4,12,16-17H2,1-3H3,(H,31,32). The van der Waals surface area contributed by atoms with Gasteiger partial charge in [-0.05, 0) is 60.4 Å². The molecule has 0 aliphatic carbocycles. The van der Waals surface area contributed by atoms with Crippen molar-refractivity contribution in [3.63, 3.8) is 0 Å². The molecular formula is C27H30ClFN2O3. The predicted molar refractivity (Wildman–Crippen MR) is 135 cm³/mol. The molecule has 0 saturated heterocycles. The van der Waals surface area contributed by atoms with Crippen LogP contribution in [0.3, 0.4) is 0 Å². The van der Waals surface area contributed by atoms with Crippen molar-refractivity contribution in [3.8, 4) is 11.5 Å². The van der Waals surface area contributed by atoms with Crippen molar-refractivity contribution in [3.05, 3.63) is 82.6 Å². The van der Waals surface area contributed by atoms with Gasteiger partial charge in [0.1, 0.15) is 12.4 Å². The van der Waals surface area contributed by atoms with Crippen molar-refractivity contribution >= 4 is 28.9 Å². The van der Waals surface area contributed by atoms with E-state index in [-0.39, 0.29) is 18.3 Å². The van der Waals surface area contributed by atoms with Crippen LogP contribution in [0.25, 0.3) is 0 Å². The minimum Gasteiger partial charge on any atom is -0.490 e. The van der Waals surface area contributed by atoms with Crippen molar-refractivity contribution < 1.29 is 18.7 Å². The maximum atomic E-state index is 13.1. The minimum absolute atomic E-state index is 0.00669. The van der Waals surface area contributed by atoms with Crippen molar-refractivity contribution in [2.75, 3.05) is 17.2 Å². The Morgan fingerprint density at radius 2 is 1.71 bits per heavy atom. The third-order valence-electron chi connectivity index (χ3n) is 4.94. The predicted octanol–water partition coefficient (Wildman–Crippen LogP) is 7.05. The molecule has 0 aromatic heterocycles. The first-order valence-corrected chi connectivity index (χ1v) is 11.7. The molecule has 34 heavy (non-hydrogen) atoms. The van der Waals surface area contributed by atoms with Crippen molar-refractivity contribution in [2.24, 2.45) is 5.92 Å². The van der Waals surface area contributed by atoms with Gasteiger partial charge < -0.3 is 20.1 Å². The van der Waals surface area contributed by atoms with Crippen LogP contribution < -0.4 is 20.1 Å². The van der Waals surface area contributed by atoms with Gasteiger partial charge in [-0.3, -0.25) is 4.79 Å². The van der Waals surface area contributed by atoms with E-state index in [2.05, 4.69) is 10.6 Å². The fourth-order valence-electron chi connectivity index (χ4n) is 3.32. The molecule has 3 rings (SSSR count). The van der Waals surface area contributed by atoms with Crippen LogP contribution in [0, 0.1) is 11.7 Å². The molecule has 0 fully saturated rings. The first-order valence-electron chi connectivity index (χ1n) is 11.3. The number of carbonyl (C=O) groups excluding carboxylic acids is 1. The molecule has 2 N–H and O–H groups in total. The van der Waals surface area contributed by atoms with E-state index >= 15 is 0 Å². The smallest absolute Gasteiger partial charge is 0.224 e. The van der Waals surface area contributed by atoms with Crippen LogP contribution in [0.2, 0.25) is 5.02 Å². The van der Waals surface area contributed by atoms with Gasteiger partial charge in [-0.1, -0.05) is 43.6 Å². The molecule has 3 aromatic rings. The van der Waals surface area contributed by atoms with E-state index in [1.165, 1.54) is 12.1 Å². The Kier molecular flexibility index (Phi) is 9.16. The molecule has 3 aromatic carbocycles. The van der Waals surface area contributed by atoms with E-state index < -0.39 is 0 Å². The quantitative estimate of drug-likeness (QED) is 0.306. The summed E-state index contributed by atoms with van der Waals surface area (Å²) in [5, 5.41) is 6.80. The topological polar surface area (TPSA) is 59.6 Å². The summed E-state index contributed by atoms with van der Waals surface area (Å²) in [5.74, 6) is 1.11. The molecule has 1 amide bonds. The van der Waals surface area contributed by atoms with Gasteiger partial charge in [-0.2, -0.15) is 0 Å². The zero-order valence-electron chi connectivity index (χ0n) is 19.7. The third kappa shape index (κ3) is 7.66. The summed E-state index contributed by atoms with van der Waals surface area (Å²) in [5.41, 5.74) is 3.27. The van der Waals surface area contributed by atoms with Crippen LogP contribution in [0.5, 0.6) is 11.5 Å². The number of rotatable bonds is 11. The summed E-state index contributed by atoms with van der Waals surface area (Å²) in [6, 6.07) is 17.3. The second-order valence-corrected chi connectivity index (χ2v) is 8.73. The summed E-state index contributed by atoms with van der Waals surface area (Å²) >= 11 is 6.54. The second kappa shape index (κ2) is 12.3. The SMILES string of the molecule is CCOc1cc(CNc2cccc(NC(=O)CC(C)C)c2)c(Cl)cc1OCc1ccc(F)cc1. The molecule has 0 aliphatic heterocycles. The number of hydrogen-bond donors (Lipinski definition) is 2. The van der Waals surface area contributed by atoms with Crippen LogP contribution in [0.1, 0.15) is 38.3 Å². The lowest BCUT2D eigenvalue weighted by Gasteiger charge is -2.16. The third-order valence-corrected chi connectivity index (χ3v) is 5.29. The van der Waals surface area contributed by atoms with Gasteiger partial charge in [-0.25, -0.2) is 4.39 Å². The van der Waals surface area contributed by atoms with Crippen molar-refractivity contribution in [1.82, 2.24) is 0 Å². The Labute approximate surface area is 205 Å². The van der Waals surface area contributed by atoms with E-state index in [0.29, 0.717) is 42.0 Å². The summed E-state index contributed by atoms with van der Waals surface area (Å²) in [7, 11) is 0. The largest absolute Gasteiger partial charge is 0.490 e. The molecule has 0 atom stereocenters. The van der Waals surface area contributed by atoms with Crippen molar-refractivity contribution in [2.45, 2.75) is 40.3 Å². The van der Waals surface area contributed by atoms with Crippen LogP contribution in [-0.4, -0.2) is 12.5 Å². The van der Waals surface area contributed by atoms with Gasteiger partial charge in [0.05, 0.1) is 6.61 Å². The molecule has 0 spiro atoms. The highest BCUT2D eigenvalue weighted by molar-refractivity contribution is 6.31. The number of carbonyl (C=O) groups is 1. The molecule has 0 unspecified atom stereocenters. The average Bonchev–Trinajstić information content (AvgIpc) is 2.79. The van der Waals surface area contributed by atoms with E-state index in [0.717, 1.165) is 22.5 Å². The maximum Gasteiger partial charge on any atom is 0.224 e. The molecule has 0 saturated carbocycles. The first kappa shape index (κ1) is 25.4. The first-order chi connectivity index (χ1) is 16.3. The van der Waals surface area contributed by atoms with E-state index in [1.54, 1.807) is 18.2 Å². The van der Waals surface area contributed by atoms with Crippen LogP contribution in [0.4, 0.5) is 15.8 Å². The van der Waals surface area contributed by atoms with E-state index in [9.17, 15) is 9.18 Å². The lowest BCUT2D eigenvalue weighted by molar-refractivity contribution is -0.116. The minimum atomic E-state index is -0.290. The molecule has 180 valence electrons. The normalized spacial score (nSPS) is 10.8. The van der Waals surface area contributed by atoms with Gasteiger partial charge in [0.15, 0.2) is 11.5 Å². The number of benzene rings is 3. The van der Waals surface area contributed by atoms with Gasteiger partial charge in [-0.15, -0.1) is 0 Å². The Bertz CT molecular complexity index is 1100. The number of hydrogen-bond acceptors (Lipinski definition) is 4. The molecule has 0 aliphatic rings. The lowest BCUT2D eigenvalue weighted by Crippen LogP contribution is -2.14. The zero-order valence-corrected chi connectivity index (χ0v) is 20.4. The molecule has 0 heterocycles. The van der Waals surface area contributed by atoms with Crippen LogP contribution in [-0.2, 0) is 17.9 Å². The Morgan fingerprint density at radius 3 is 2.41 bits per heavy atom. The fourth-order valence-corrected chi connectivity index (χ4v) is 3.54. The second-order valence-electron chi connectivity index (χ2n) is 8.32. The van der Waals surface area contributed by atoms with Crippen LogP contribution >= 0.6 is 11.6 Å². The summed E-state index contributed by atoms with van der Waals surface area (Å²) in [4.78, 5) is 12.1. The number of anilines is 2. The summed E-state index contributed by atoms with van der Waals surface area (Å²) < 4.78 is 24.8. The molecule has 0 radical (unpaired) electrons. The molecular weight excluding hydrogens is 455 g/mol. The average molecular weight is 485 g/mol. The highest BCUT2D eigenvalue weighted by Gasteiger charge is 2.12. The maximum absolute atomic E-state index is 13.1.